The molecule has 8 aliphatic rings. The third-order valence-electron chi connectivity index (χ3n) is 11.9. The third kappa shape index (κ3) is 1.94. The lowest BCUT2D eigenvalue weighted by Crippen LogP contribution is -2.71. The lowest BCUT2D eigenvalue weighted by atomic mass is 9.29. The lowest BCUT2D eigenvalue weighted by Gasteiger charge is -2.75. The van der Waals surface area contributed by atoms with Crippen LogP contribution in [0.15, 0.2) is 17.0 Å². The summed E-state index contributed by atoms with van der Waals surface area (Å²) in [5.41, 5.74) is 1.50. The van der Waals surface area contributed by atoms with Crippen molar-refractivity contribution in [2.24, 2.45) is 40.9 Å². The number of aromatic hydroxyl groups is 1. The Morgan fingerprint density at radius 2 is 1.26 bits per heavy atom. The second-order valence-corrected chi connectivity index (χ2v) is 14.4. The van der Waals surface area contributed by atoms with E-state index in [0.717, 1.165) is 61.0 Å². The fourth-order valence-corrected chi connectivity index (χ4v) is 12.8. The second-order valence-electron chi connectivity index (χ2n) is 13.0. The summed E-state index contributed by atoms with van der Waals surface area (Å²) in [6, 6.07) is 3.46. The molecule has 31 heavy (non-hydrogen) atoms. The summed E-state index contributed by atoms with van der Waals surface area (Å²) < 4.78 is 36.7. The van der Waals surface area contributed by atoms with E-state index < -0.39 is 10.1 Å². The highest BCUT2D eigenvalue weighted by atomic mass is 32.2. The maximum absolute atomic E-state index is 13.1. The summed E-state index contributed by atoms with van der Waals surface area (Å²) in [6.07, 6.45) is 12.9. The number of phenolic OH excluding ortho intramolecular Hbond substituents is 1. The molecule has 0 heterocycles. The Bertz CT molecular complexity index is 1060. The van der Waals surface area contributed by atoms with Gasteiger partial charge in [-0.25, -0.2) is 0 Å². The van der Waals surface area contributed by atoms with Crippen LogP contribution in [0.2, 0.25) is 0 Å². The van der Waals surface area contributed by atoms with Gasteiger partial charge < -0.3 is 5.11 Å². The first kappa shape index (κ1) is 18.4. The Balaban J connectivity index is 1.36. The Kier molecular flexibility index (Phi) is 3.08. The summed E-state index contributed by atoms with van der Waals surface area (Å²) in [4.78, 5) is 0.217. The van der Waals surface area contributed by atoms with Crippen molar-refractivity contribution in [3.05, 3.63) is 23.3 Å². The van der Waals surface area contributed by atoms with Crippen molar-refractivity contribution < 1.29 is 18.1 Å². The van der Waals surface area contributed by atoms with Gasteiger partial charge in [0.05, 0.1) is 0 Å². The van der Waals surface area contributed by atoms with Gasteiger partial charge in [-0.15, -0.1) is 0 Å². The molecular weight excluding hydrogens is 408 g/mol. The Labute approximate surface area is 184 Å². The van der Waals surface area contributed by atoms with E-state index in [1.165, 1.54) is 38.5 Å². The predicted octanol–water partition coefficient (Wildman–Crippen LogP) is 5.18. The molecule has 8 aliphatic carbocycles. The van der Waals surface area contributed by atoms with E-state index in [1.54, 1.807) is 12.1 Å². The molecular formula is C26H32O4S. The number of rotatable bonds is 3. The molecule has 8 saturated carbocycles. The summed E-state index contributed by atoms with van der Waals surface area (Å²) in [7, 11) is -4.37. The van der Waals surface area contributed by atoms with E-state index in [1.807, 2.05) is 0 Å². The van der Waals surface area contributed by atoms with Crippen LogP contribution < -0.4 is 0 Å². The number of phenols is 1. The average molecular weight is 441 g/mol. The zero-order valence-electron chi connectivity index (χ0n) is 18.0. The highest BCUT2D eigenvalue weighted by molar-refractivity contribution is 7.86. The molecule has 1 aromatic rings. The van der Waals surface area contributed by atoms with Gasteiger partial charge in [-0.05, 0) is 140 Å². The molecule has 9 rings (SSSR count). The average Bonchev–Trinajstić information content (AvgIpc) is 3.17. The minimum Gasteiger partial charge on any atom is -0.508 e. The number of hydrogen-bond donors (Lipinski definition) is 2. The van der Waals surface area contributed by atoms with Gasteiger partial charge in [0.1, 0.15) is 10.6 Å². The summed E-state index contributed by atoms with van der Waals surface area (Å²) in [5.74, 6) is 4.50. The number of benzene rings is 1. The number of hydrogen-bond acceptors (Lipinski definition) is 3. The van der Waals surface area contributed by atoms with E-state index in [4.69, 9.17) is 0 Å². The molecule has 2 N–H and O–H groups in total. The molecule has 1 spiro atoms. The van der Waals surface area contributed by atoms with E-state index in [9.17, 15) is 18.1 Å². The van der Waals surface area contributed by atoms with Crippen molar-refractivity contribution in [2.45, 2.75) is 86.4 Å². The summed E-state index contributed by atoms with van der Waals surface area (Å²) in [6.45, 7) is 0. The van der Waals surface area contributed by atoms with Gasteiger partial charge in [0.2, 0.25) is 0 Å². The number of fused-ring (bicyclic) bond motifs is 1. The molecule has 4 nitrogen and oxygen atoms in total. The molecule has 0 amide bonds. The highest BCUT2D eigenvalue weighted by Gasteiger charge is 2.81. The van der Waals surface area contributed by atoms with Gasteiger partial charge in [-0.2, -0.15) is 8.42 Å². The molecule has 0 saturated heterocycles. The first-order valence-electron chi connectivity index (χ1n) is 12.6. The van der Waals surface area contributed by atoms with Gasteiger partial charge in [0, 0.05) is 5.41 Å². The zero-order chi connectivity index (χ0) is 21.0. The monoisotopic (exact) mass is 440 g/mol. The van der Waals surface area contributed by atoms with Gasteiger partial charge in [0.15, 0.2) is 0 Å². The molecule has 2 atom stereocenters. The topological polar surface area (TPSA) is 74.6 Å². The summed E-state index contributed by atoms with van der Waals surface area (Å²) in [5, 5.41) is 10.9. The van der Waals surface area contributed by atoms with Crippen molar-refractivity contribution >= 4 is 10.1 Å². The van der Waals surface area contributed by atoms with Crippen molar-refractivity contribution in [2.75, 3.05) is 0 Å². The molecule has 6 bridgehead atoms. The van der Waals surface area contributed by atoms with Crippen LogP contribution in [0.4, 0.5) is 0 Å². The second kappa shape index (κ2) is 5.19. The minimum atomic E-state index is -4.37. The van der Waals surface area contributed by atoms with Crippen molar-refractivity contribution in [1.29, 1.82) is 0 Å². The van der Waals surface area contributed by atoms with Gasteiger partial charge in [0.25, 0.3) is 10.1 Å². The molecule has 2 unspecified atom stereocenters. The minimum absolute atomic E-state index is 0.130. The quantitative estimate of drug-likeness (QED) is 0.635. The summed E-state index contributed by atoms with van der Waals surface area (Å²) >= 11 is 0. The van der Waals surface area contributed by atoms with Gasteiger partial charge >= 0.3 is 0 Å². The van der Waals surface area contributed by atoms with Crippen LogP contribution in [0, 0.1) is 40.9 Å². The lowest BCUT2D eigenvalue weighted by molar-refractivity contribution is -0.207. The largest absolute Gasteiger partial charge is 0.508 e. The molecule has 166 valence electrons. The highest BCUT2D eigenvalue weighted by Crippen LogP contribution is 2.87. The first-order chi connectivity index (χ1) is 14.7. The van der Waals surface area contributed by atoms with Crippen molar-refractivity contribution in [1.82, 2.24) is 0 Å². The van der Waals surface area contributed by atoms with Crippen molar-refractivity contribution in [3.63, 3.8) is 0 Å². The molecule has 8 fully saturated rings. The Morgan fingerprint density at radius 1 is 0.742 bits per heavy atom. The Hall–Kier alpha value is -1.07. The van der Waals surface area contributed by atoms with Crippen LogP contribution >= 0.6 is 0 Å². The van der Waals surface area contributed by atoms with Gasteiger partial charge in [-0.3, -0.25) is 4.55 Å². The maximum atomic E-state index is 13.1. The van der Waals surface area contributed by atoms with Crippen LogP contribution in [0.1, 0.15) is 81.8 Å². The standard InChI is InChI=1S/C26H32O4S/c27-20-6-21(24-8-14-1-15(9-24)3-16(2-14)10-24)23(31(28,29)30)22(7-20)25-12-18-4-17-5-19(13-25)26(18,25)11-17/h6-7,14-19,27H,1-5,8-13H2,(H,28,29,30). The smallest absolute Gasteiger partial charge is 0.295 e. The van der Waals surface area contributed by atoms with Gasteiger partial charge in [-0.1, -0.05) is 0 Å². The van der Waals surface area contributed by atoms with Crippen LogP contribution in [0.3, 0.4) is 0 Å². The van der Waals surface area contributed by atoms with E-state index >= 15 is 0 Å². The van der Waals surface area contributed by atoms with E-state index in [0.29, 0.717) is 17.8 Å². The van der Waals surface area contributed by atoms with Crippen LogP contribution in [0.25, 0.3) is 0 Å². The third-order valence-corrected chi connectivity index (χ3v) is 12.8. The van der Waals surface area contributed by atoms with E-state index in [-0.39, 0.29) is 26.9 Å². The van der Waals surface area contributed by atoms with Crippen molar-refractivity contribution in [3.8, 4) is 5.75 Å². The van der Waals surface area contributed by atoms with E-state index in [2.05, 4.69) is 0 Å². The van der Waals surface area contributed by atoms with Crippen LogP contribution in [0.5, 0.6) is 5.75 Å². The molecule has 0 aliphatic heterocycles. The molecule has 5 heteroatoms. The molecule has 0 aromatic heterocycles. The molecule has 1 aromatic carbocycles. The normalized spacial score (nSPS) is 52.7. The predicted molar refractivity (Wildman–Crippen MR) is 115 cm³/mol. The molecule has 0 radical (unpaired) electrons. The SMILES string of the molecule is O=S(=O)(O)c1c(C23CC4CC(CC(C4)C2)C3)cc(O)cc1C12CC3CC4CC(C1)C32C4. The first-order valence-corrected chi connectivity index (χ1v) is 14.0. The fraction of sp³-hybridized carbons (Fsp3) is 0.769. The van der Waals surface area contributed by atoms with Crippen LogP contribution in [-0.2, 0) is 20.9 Å². The maximum Gasteiger partial charge on any atom is 0.295 e. The Morgan fingerprint density at radius 3 is 1.77 bits per heavy atom. The van der Waals surface area contributed by atoms with Crippen LogP contribution in [-0.4, -0.2) is 18.1 Å². The fourth-order valence-electron chi connectivity index (χ4n) is 11.7. The zero-order valence-corrected chi connectivity index (χ0v) is 18.8.